The van der Waals surface area contributed by atoms with E-state index in [2.05, 4.69) is 5.32 Å². The Kier molecular flexibility index (Phi) is 6.10. The summed E-state index contributed by atoms with van der Waals surface area (Å²) in [6.45, 7) is 1.71. The van der Waals surface area contributed by atoms with Crippen molar-refractivity contribution in [3.8, 4) is 0 Å². The molecule has 0 aliphatic rings. The van der Waals surface area contributed by atoms with Crippen LogP contribution in [-0.2, 0) is 20.8 Å². The van der Waals surface area contributed by atoms with Gasteiger partial charge in [0.1, 0.15) is 0 Å². The maximum atomic E-state index is 12.7. The van der Waals surface area contributed by atoms with Crippen molar-refractivity contribution >= 4 is 21.8 Å². The largest absolute Gasteiger partial charge is 0.416 e. The number of hydrogen-bond acceptors (Lipinski definition) is 3. The van der Waals surface area contributed by atoms with Crippen LogP contribution in [0.25, 0.3) is 6.08 Å². The Bertz CT molecular complexity index is 949. The maximum absolute atomic E-state index is 12.7. The third-order valence-corrected chi connectivity index (χ3v) is 4.94. The van der Waals surface area contributed by atoms with Gasteiger partial charge < -0.3 is 5.32 Å². The average Bonchev–Trinajstić information content (AvgIpc) is 2.59. The summed E-state index contributed by atoms with van der Waals surface area (Å²) in [5.41, 5.74) is 0.165. The molecule has 0 spiro atoms. The molecule has 0 heterocycles. The van der Waals surface area contributed by atoms with Gasteiger partial charge in [-0.05, 0) is 48.4 Å². The molecule has 144 valence electrons. The number of rotatable bonds is 5. The van der Waals surface area contributed by atoms with Crippen LogP contribution >= 0.6 is 0 Å². The maximum Gasteiger partial charge on any atom is 0.416 e. The van der Waals surface area contributed by atoms with Crippen LogP contribution in [0.2, 0.25) is 0 Å². The molecule has 8 heteroatoms. The molecule has 0 aliphatic heterocycles. The van der Waals surface area contributed by atoms with Gasteiger partial charge in [-0.3, -0.25) is 4.79 Å². The number of carbonyl (C=O) groups is 1. The molecule has 27 heavy (non-hydrogen) atoms. The van der Waals surface area contributed by atoms with E-state index in [0.29, 0.717) is 5.56 Å². The van der Waals surface area contributed by atoms with E-state index in [0.717, 1.165) is 24.5 Å². The lowest BCUT2D eigenvalue weighted by atomic mass is 10.1. The van der Waals surface area contributed by atoms with Gasteiger partial charge in [0.25, 0.3) is 0 Å². The minimum absolute atomic E-state index is 0.175. The van der Waals surface area contributed by atoms with Crippen LogP contribution < -0.4 is 5.32 Å². The van der Waals surface area contributed by atoms with Gasteiger partial charge in [0.2, 0.25) is 5.91 Å². The van der Waals surface area contributed by atoms with Crippen molar-refractivity contribution in [1.82, 2.24) is 5.32 Å². The third-order valence-electron chi connectivity index (χ3n) is 3.81. The topological polar surface area (TPSA) is 63.2 Å². The van der Waals surface area contributed by atoms with Crippen LogP contribution in [0.1, 0.15) is 29.7 Å². The molecule has 1 unspecified atom stereocenters. The molecule has 0 saturated heterocycles. The van der Waals surface area contributed by atoms with Gasteiger partial charge in [0.15, 0.2) is 9.84 Å². The number of nitrogens with one attached hydrogen (secondary N) is 1. The average molecular weight is 397 g/mol. The highest BCUT2D eigenvalue weighted by Gasteiger charge is 2.30. The van der Waals surface area contributed by atoms with Crippen LogP contribution in [0.3, 0.4) is 0 Å². The monoisotopic (exact) mass is 397 g/mol. The summed E-state index contributed by atoms with van der Waals surface area (Å²) in [7, 11) is -3.30. The normalized spacial score (nSPS) is 13.5. The molecular formula is C19H18F3NO3S. The molecule has 0 bridgehead atoms. The van der Waals surface area contributed by atoms with E-state index >= 15 is 0 Å². The Hall–Kier alpha value is -2.61. The van der Waals surface area contributed by atoms with Gasteiger partial charge in [-0.15, -0.1) is 0 Å². The fourth-order valence-electron chi connectivity index (χ4n) is 2.34. The predicted molar refractivity (Wildman–Crippen MR) is 96.6 cm³/mol. The van der Waals surface area contributed by atoms with Crippen LogP contribution in [0.4, 0.5) is 13.2 Å². The quantitative estimate of drug-likeness (QED) is 0.776. The zero-order chi connectivity index (χ0) is 20.2. The van der Waals surface area contributed by atoms with Crippen molar-refractivity contribution in [3.05, 3.63) is 71.3 Å². The predicted octanol–water partition coefficient (Wildman–Crippen LogP) is 4.00. The number of benzene rings is 2. The molecule has 1 amide bonds. The van der Waals surface area contributed by atoms with Crippen molar-refractivity contribution < 1.29 is 26.4 Å². The number of sulfone groups is 1. The number of hydrogen-bond donors (Lipinski definition) is 1. The van der Waals surface area contributed by atoms with Crippen molar-refractivity contribution in [1.29, 1.82) is 0 Å². The second kappa shape index (κ2) is 7.96. The molecule has 2 aromatic carbocycles. The second-order valence-electron chi connectivity index (χ2n) is 6.03. The summed E-state index contributed by atoms with van der Waals surface area (Å²) in [6.07, 6.45) is -0.897. The number of amides is 1. The molecule has 4 nitrogen and oxygen atoms in total. The van der Waals surface area contributed by atoms with Crippen molar-refractivity contribution in [2.75, 3.05) is 6.26 Å². The van der Waals surface area contributed by atoms with Gasteiger partial charge >= 0.3 is 6.18 Å². The zero-order valence-electron chi connectivity index (χ0n) is 14.6. The zero-order valence-corrected chi connectivity index (χ0v) is 15.4. The fourth-order valence-corrected chi connectivity index (χ4v) is 2.97. The van der Waals surface area contributed by atoms with Gasteiger partial charge in [0, 0.05) is 12.3 Å². The molecule has 2 rings (SSSR count). The fraction of sp³-hybridized carbons (Fsp3) is 0.211. The van der Waals surface area contributed by atoms with Gasteiger partial charge in [-0.1, -0.05) is 24.3 Å². The van der Waals surface area contributed by atoms with Crippen LogP contribution in [0.15, 0.2) is 59.5 Å². The highest BCUT2D eigenvalue weighted by atomic mass is 32.2. The molecule has 0 fully saturated rings. The summed E-state index contributed by atoms with van der Waals surface area (Å²) in [5.74, 6) is -0.480. The Balaban J connectivity index is 2.04. The summed E-state index contributed by atoms with van der Waals surface area (Å²) in [6, 6.07) is 10.3. The Morgan fingerprint density at radius 2 is 1.74 bits per heavy atom. The SMILES string of the molecule is CC(NC(=O)/C=C/c1cccc(C(F)(F)F)c1)c1ccc(S(C)(=O)=O)cc1. The minimum Gasteiger partial charge on any atom is -0.346 e. The molecule has 1 atom stereocenters. The van der Waals surface area contributed by atoms with Gasteiger partial charge in [-0.2, -0.15) is 13.2 Å². The second-order valence-corrected chi connectivity index (χ2v) is 8.04. The van der Waals surface area contributed by atoms with E-state index in [1.54, 1.807) is 19.1 Å². The third kappa shape index (κ3) is 5.96. The van der Waals surface area contributed by atoms with Crippen LogP contribution in [-0.4, -0.2) is 20.6 Å². The van der Waals surface area contributed by atoms with E-state index in [4.69, 9.17) is 0 Å². The van der Waals surface area contributed by atoms with E-state index in [9.17, 15) is 26.4 Å². The molecule has 2 aromatic rings. The van der Waals surface area contributed by atoms with E-state index in [1.807, 2.05) is 0 Å². The minimum atomic E-state index is -4.45. The first-order valence-electron chi connectivity index (χ1n) is 7.92. The summed E-state index contributed by atoms with van der Waals surface area (Å²) >= 11 is 0. The number of carbonyl (C=O) groups excluding carboxylic acids is 1. The Morgan fingerprint density at radius 1 is 1.11 bits per heavy atom. The highest BCUT2D eigenvalue weighted by molar-refractivity contribution is 7.90. The molecule has 1 N–H and O–H groups in total. The first kappa shape index (κ1) is 20.7. The van der Waals surface area contributed by atoms with E-state index < -0.39 is 33.5 Å². The molecular weight excluding hydrogens is 379 g/mol. The van der Waals surface area contributed by atoms with Gasteiger partial charge in [0.05, 0.1) is 16.5 Å². The first-order chi connectivity index (χ1) is 12.5. The smallest absolute Gasteiger partial charge is 0.346 e. The first-order valence-corrected chi connectivity index (χ1v) is 9.82. The van der Waals surface area contributed by atoms with Crippen molar-refractivity contribution in [2.45, 2.75) is 24.0 Å². The van der Waals surface area contributed by atoms with Gasteiger partial charge in [-0.25, -0.2) is 8.42 Å². The van der Waals surface area contributed by atoms with E-state index in [-0.39, 0.29) is 10.5 Å². The molecule has 0 aromatic heterocycles. The van der Waals surface area contributed by atoms with Crippen LogP contribution in [0, 0.1) is 0 Å². The molecule has 0 saturated carbocycles. The number of alkyl halides is 3. The Labute approximate surface area is 155 Å². The molecule has 0 radical (unpaired) electrons. The van der Waals surface area contributed by atoms with Crippen molar-refractivity contribution in [3.63, 3.8) is 0 Å². The highest BCUT2D eigenvalue weighted by Crippen LogP contribution is 2.29. The lowest BCUT2D eigenvalue weighted by Gasteiger charge is -2.13. The summed E-state index contributed by atoms with van der Waals surface area (Å²) in [4.78, 5) is 12.2. The standard InChI is InChI=1S/C19H18F3NO3S/c1-13(15-7-9-17(10-8-15)27(2,25)26)23-18(24)11-6-14-4-3-5-16(12-14)19(20,21)22/h3-13H,1-2H3,(H,23,24)/b11-6+. The van der Waals surface area contributed by atoms with E-state index in [1.165, 1.54) is 30.3 Å². The number of halogens is 3. The lowest BCUT2D eigenvalue weighted by molar-refractivity contribution is -0.137. The molecule has 0 aliphatic carbocycles. The summed E-state index contributed by atoms with van der Waals surface area (Å²) < 4.78 is 61.0. The summed E-state index contributed by atoms with van der Waals surface area (Å²) in [5, 5.41) is 2.67. The van der Waals surface area contributed by atoms with Crippen molar-refractivity contribution in [2.24, 2.45) is 0 Å². The van der Waals surface area contributed by atoms with Crippen LogP contribution in [0.5, 0.6) is 0 Å². The Morgan fingerprint density at radius 3 is 2.30 bits per heavy atom. The lowest BCUT2D eigenvalue weighted by Crippen LogP contribution is -2.24.